The summed E-state index contributed by atoms with van der Waals surface area (Å²) in [6, 6.07) is 3.01. The maximum absolute atomic E-state index is 11.8. The molecule has 0 aromatic carbocycles. The summed E-state index contributed by atoms with van der Waals surface area (Å²) in [5, 5.41) is 8.32. The average molecular weight is 237 g/mol. The van der Waals surface area contributed by atoms with Crippen molar-refractivity contribution < 1.29 is 14.0 Å². The Balaban J connectivity index is 1.86. The molecular weight excluding hydrogens is 222 g/mol. The van der Waals surface area contributed by atoms with Gasteiger partial charge in [0.1, 0.15) is 11.8 Å². The topological polar surface area (TPSA) is 83.4 Å². The zero-order chi connectivity index (χ0) is 12.3. The Morgan fingerprint density at radius 3 is 3.06 bits per heavy atom. The molecule has 0 spiro atoms. The molecule has 1 aliphatic rings. The zero-order valence-electron chi connectivity index (χ0n) is 9.53. The van der Waals surface area contributed by atoms with Gasteiger partial charge >= 0.3 is 0 Å². The van der Waals surface area contributed by atoms with Crippen LogP contribution in [0.1, 0.15) is 18.7 Å². The lowest BCUT2D eigenvalue weighted by atomic mass is 10.2. The summed E-state index contributed by atoms with van der Waals surface area (Å²) < 4.78 is 5.20. The van der Waals surface area contributed by atoms with Gasteiger partial charge in [-0.1, -0.05) is 0 Å². The molecule has 92 valence electrons. The lowest BCUT2D eigenvalue weighted by molar-refractivity contribution is -0.127. The summed E-state index contributed by atoms with van der Waals surface area (Å²) in [7, 11) is 0. The molecule has 0 bridgehead atoms. The van der Waals surface area contributed by atoms with E-state index in [0.717, 1.165) is 0 Å². The second kappa shape index (κ2) is 5.01. The number of nitrogens with one attached hydrogen (secondary N) is 3. The molecule has 2 amide bonds. The third-order valence-corrected chi connectivity index (χ3v) is 2.66. The number of furan rings is 1. The first-order valence-electron chi connectivity index (χ1n) is 5.50. The fourth-order valence-corrected chi connectivity index (χ4v) is 1.67. The molecule has 1 aliphatic heterocycles. The minimum absolute atomic E-state index is 0.0897. The van der Waals surface area contributed by atoms with Gasteiger partial charge in [-0.05, 0) is 19.1 Å². The van der Waals surface area contributed by atoms with Gasteiger partial charge in [0.2, 0.25) is 11.8 Å². The van der Waals surface area contributed by atoms with E-state index in [-0.39, 0.29) is 30.4 Å². The molecule has 0 saturated carbocycles. The summed E-state index contributed by atoms with van der Waals surface area (Å²) >= 11 is 0. The van der Waals surface area contributed by atoms with E-state index in [1.54, 1.807) is 18.4 Å². The van der Waals surface area contributed by atoms with Crippen molar-refractivity contribution >= 4 is 11.8 Å². The normalized spacial score (nSPS) is 21.7. The van der Waals surface area contributed by atoms with Gasteiger partial charge in [0.05, 0.1) is 18.8 Å². The zero-order valence-corrected chi connectivity index (χ0v) is 9.53. The Kier molecular flexibility index (Phi) is 3.43. The Labute approximate surface area is 98.7 Å². The maximum Gasteiger partial charge on any atom is 0.239 e. The number of amides is 2. The first-order chi connectivity index (χ1) is 8.16. The van der Waals surface area contributed by atoms with E-state index >= 15 is 0 Å². The molecule has 1 saturated heterocycles. The Morgan fingerprint density at radius 2 is 2.47 bits per heavy atom. The van der Waals surface area contributed by atoms with Gasteiger partial charge in [-0.2, -0.15) is 0 Å². The van der Waals surface area contributed by atoms with Crippen LogP contribution in [0.25, 0.3) is 0 Å². The summed E-state index contributed by atoms with van der Waals surface area (Å²) in [5.74, 6) is 0.472. The summed E-state index contributed by atoms with van der Waals surface area (Å²) in [6.07, 6.45) is 1.57. The minimum atomic E-state index is -0.384. The Bertz CT molecular complexity index is 392. The van der Waals surface area contributed by atoms with Crippen LogP contribution in [0, 0.1) is 0 Å². The van der Waals surface area contributed by atoms with Crippen LogP contribution in [-0.4, -0.2) is 30.9 Å². The van der Waals surface area contributed by atoms with Crippen LogP contribution in [-0.2, 0) is 9.59 Å². The highest BCUT2D eigenvalue weighted by Gasteiger charge is 2.25. The van der Waals surface area contributed by atoms with Crippen molar-refractivity contribution in [3.8, 4) is 0 Å². The van der Waals surface area contributed by atoms with Gasteiger partial charge < -0.3 is 15.1 Å². The van der Waals surface area contributed by atoms with E-state index in [2.05, 4.69) is 16.0 Å². The lowest BCUT2D eigenvalue weighted by Crippen LogP contribution is -2.58. The van der Waals surface area contributed by atoms with E-state index in [4.69, 9.17) is 4.42 Å². The monoisotopic (exact) mass is 237 g/mol. The van der Waals surface area contributed by atoms with Crippen molar-refractivity contribution in [1.29, 1.82) is 0 Å². The second-order valence-electron chi connectivity index (χ2n) is 3.98. The Morgan fingerprint density at radius 1 is 1.65 bits per heavy atom. The standard InChI is InChI=1S/C11H15N3O3/c1-7(9-3-2-4-17-9)14-11(16)8-5-13-10(15)6-12-8/h2-4,7-8,12H,5-6H2,1H3,(H,13,15)(H,14,16)/t7-,8?/m0/s1. The molecule has 0 aliphatic carbocycles. The molecule has 2 rings (SSSR count). The van der Waals surface area contributed by atoms with Crippen LogP contribution in [0.5, 0.6) is 0 Å². The molecule has 1 aromatic rings. The molecule has 6 nitrogen and oxygen atoms in total. The fourth-order valence-electron chi connectivity index (χ4n) is 1.67. The molecule has 2 atom stereocenters. The molecule has 0 radical (unpaired) electrons. The highest BCUT2D eigenvalue weighted by atomic mass is 16.3. The van der Waals surface area contributed by atoms with Gasteiger partial charge in [-0.3, -0.25) is 14.9 Å². The van der Waals surface area contributed by atoms with Crippen molar-refractivity contribution in [3.05, 3.63) is 24.2 Å². The predicted molar refractivity (Wildman–Crippen MR) is 60.1 cm³/mol. The predicted octanol–water partition coefficient (Wildman–Crippen LogP) is -0.455. The lowest BCUT2D eigenvalue weighted by Gasteiger charge is -2.24. The quantitative estimate of drug-likeness (QED) is 0.664. The highest BCUT2D eigenvalue weighted by Crippen LogP contribution is 2.12. The van der Waals surface area contributed by atoms with E-state index in [1.807, 2.05) is 6.92 Å². The SMILES string of the molecule is C[C@H](NC(=O)C1CNC(=O)CN1)c1ccco1. The summed E-state index contributed by atoms with van der Waals surface area (Å²) in [4.78, 5) is 22.8. The van der Waals surface area contributed by atoms with Gasteiger partial charge in [-0.15, -0.1) is 0 Å². The third-order valence-electron chi connectivity index (χ3n) is 2.66. The van der Waals surface area contributed by atoms with Crippen molar-refractivity contribution in [2.75, 3.05) is 13.1 Å². The third kappa shape index (κ3) is 2.85. The van der Waals surface area contributed by atoms with Crippen LogP contribution in [0.3, 0.4) is 0 Å². The largest absolute Gasteiger partial charge is 0.467 e. The van der Waals surface area contributed by atoms with Crippen LogP contribution in [0.2, 0.25) is 0 Å². The van der Waals surface area contributed by atoms with Crippen molar-refractivity contribution in [2.45, 2.75) is 19.0 Å². The number of rotatable bonds is 3. The molecular formula is C11H15N3O3. The molecule has 3 N–H and O–H groups in total. The summed E-state index contributed by atoms with van der Waals surface area (Å²) in [6.45, 7) is 2.33. The van der Waals surface area contributed by atoms with E-state index in [1.165, 1.54) is 0 Å². The first kappa shape index (κ1) is 11.7. The van der Waals surface area contributed by atoms with Crippen LogP contribution in [0.4, 0.5) is 0 Å². The molecule has 17 heavy (non-hydrogen) atoms. The highest BCUT2D eigenvalue weighted by molar-refractivity contribution is 5.86. The fraction of sp³-hybridized carbons (Fsp3) is 0.455. The maximum atomic E-state index is 11.8. The van der Waals surface area contributed by atoms with Gasteiger partial charge in [-0.25, -0.2) is 0 Å². The summed E-state index contributed by atoms with van der Waals surface area (Å²) in [5.41, 5.74) is 0. The van der Waals surface area contributed by atoms with Crippen molar-refractivity contribution in [3.63, 3.8) is 0 Å². The molecule has 2 heterocycles. The number of hydrogen-bond acceptors (Lipinski definition) is 4. The van der Waals surface area contributed by atoms with E-state index in [9.17, 15) is 9.59 Å². The van der Waals surface area contributed by atoms with Gasteiger partial charge in [0.25, 0.3) is 0 Å². The van der Waals surface area contributed by atoms with Crippen molar-refractivity contribution in [2.24, 2.45) is 0 Å². The van der Waals surface area contributed by atoms with E-state index < -0.39 is 0 Å². The van der Waals surface area contributed by atoms with Crippen LogP contribution >= 0.6 is 0 Å². The molecule has 1 unspecified atom stereocenters. The Hall–Kier alpha value is -1.82. The van der Waals surface area contributed by atoms with Crippen LogP contribution in [0.15, 0.2) is 22.8 Å². The molecule has 6 heteroatoms. The van der Waals surface area contributed by atoms with Gasteiger partial charge in [0, 0.05) is 6.54 Å². The number of piperazine rings is 1. The number of carbonyl (C=O) groups excluding carboxylic acids is 2. The van der Waals surface area contributed by atoms with E-state index in [0.29, 0.717) is 12.3 Å². The average Bonchev–Trinajstić information content (AvgIpc) is 2.83. The number of hydrogen-bond donors (Lipinski definition) is 3. The first-order valence-corrected chi connectivity index (χ1v) is 5.50. The second-order valence-corrected chi connectivity index (χ2v) is 3.98. The molecule has 1 fully saturated rings. The number of carbonyl (C=O) groups is 2. The minimum Gasteiger partial charge on any atom is -0.467 e. The van der Waals surface area contributed by atoms with Crippen molar-refractivity contribution in [1.82, 2.24) is 16.0 Å². The molecule has 1 aromatic heterocycles. The smallest absolute Gasteiger partial charge is 0.239 e. The van der Waals surface area contributed by atoms with Crippen LogP contribution < -0.4 is 16.0 Å². The van der Waals surface area contributed by atoms with Gasteiger partial charge in [0.15, 0.2) is 0 Å².